The molecular weight excluding hydrogens is 317 g/mol. The summed E-state index contributed by atoms with van der Waals surface area (Å²) in [5, 5.41) is 9.42. The van der Waals surface area contributed by atoms with E-state index in [-0.39, 0.29) is 5.60 Å². The van der Waals surface area contributed by atoms with E-state index in [0.29, 0.717) is 36.3 Å². The van der Waals surface area contributed by atoms with Gasteiger partial charge in [0.05, 0.1) is 18.2 Å². The van der Waals surface area contributed by atoms with Crippen LogP contribution in [0.4, 0.5) is 0 Å². The van der Waals surface area contributed by atoms with Crippen molar-refractivity contribution in [2.75, 3.05) is 12.8 Å². The Labute approximate surface area is 137 Å². The molecule has 0 aromatic heterocycles. The SMILES string of the molecule is CCOP(=S)(CC)Oc1cc(C)c(C#N)c2c1OC(C)(C)C2. The van der Waals surface area contributed by atoms with E-state index in [1.807, 2.05) is 40.7 Å². The number of nitriles is 1. The molecule has 1 atom stereocenters. The number of aryl methyl sites for hydroxylation is 1. The van der Waals surface area contributed by atoms with Crippen molar-refractivity contribution in [1.82, 2.24) is 0 Å². The number of ether oxygens (including phenoxy) is 1. The molecule has 1 heterocycles. The molecule has 1 aromatic rings. The van der Waals surface area contributed by atoms with Crippen LogP contribution in [0.1, 0.15) is 44.4 Å². The van der Waals surface area contributed by atoms with E-state index in [2.05, 4.69) is 6.07 Å². The van der Waals surface area contributed by atoms with Crippen molar-refractivity contribution in [2.24, 2.45) is 0 Å². The molecule has 2 rings (SSSR count). The highest BCUT2D eigenvalue weighted by Gasteiger charge is 2.36. The Balaban J connectivity index is 2.52. The van der Waals surface area contributed by atoms with Crippen LogP contribution in [-0.4, -0.2) is 18.4 Å². The lowest BCUT2D eigenvalue weighted by Crippen LogP contribution is -2.24. The lowest BCUT2D eigenvalue weighted by Gasteiger charge is -2.24. The Morgan fingerprint density at radius 2 is 2.14 bits per heavy atom. The number of nitrogens with zero attached hydrogens (tertiary/aromatic N) is 1. The summed E-state index contributed by atoms with van der Waals surface area (Å²) in [6.45, 7) is 7.96. The number of benzene rings is 1. The molecule has 6 heteroatoms. The Bertz CT molecular complexity index is 679. The van der Waals surface area contributed by atoms with Gasteiger partial charge in [0.1, 0.15) is 5.60 Å². The number of rotatable bonds is 5. The van der Waals surface area contributed by atoms with Crippen LogP contribution in [0.5, 0.6) is 11.5 Å². The molecule has 0 amide bonds. The minimum atomic E-state index is -2.37. The first-order valence-electron chi connectivity index (χ1n) is 7.44. The highest BCUT2D eigenvalue weighted by atomic mass is 32.5. The smallest absolute Gasteiger partial charge is 0.238 e. The van der Waals surface area contributed by atoms with E-state index in [0.717, 1.165) is 11.1 Å². The van der Waals surface area contributed by atoms with Gasteiger partial charge in [-0.25, -0.2) is 0 Å². The van der Waals surface area contributed by atoms with Crippen molar-refractivity contribution < 1.29 is 13.8 Å². The zero-order chi connectivity index (χ0) is 16.5. The van der Waals surface area contributed by atoms with Crippen LogP contribution < -0.4 is 9.26 Å². The molecule has 4 nitrogen and oxygen atoms in total. The van der Waals surface area contributed by atoms with E-state index >= 15 is 0 Å². The van der Waals surface area contributed by atoms with Gasteiger partial charge in [0.25, 0.3) is 0 Å². The molecule has 1 aromatic carbocycles. The molecule has 1 aliphatic rings. The Kier molecular flexibility index (Phi) is 4.87. The second-order valence-electron chi connectivity index (χ2n) is 5.96. The quantitative estimate of drug-likeness (QED) is 0.748. The average Bonchev–Trinajstić information content (AvgIpc) is 2.75. The molecule has 0 aliphatic carbocycles. The summed E-state index contributed by atoms with van der Waals surface area (Å²) < 4.78 is 17.8. The first-order chi connectivity index (χ1) is 10.2. The lowest BCUT2D eigenvalue weighted by molar-refractivity contribution is 0.135. The third-order valence-corrected chi connectivity index (χ3v) is 6.80. The summed E-state index contributed by atoms with van der Waals surface area (Å²) in [5.74, 6) is 1.25. The molecule has 0 N–H and O–H groups in total. The zero-order valence-electron chi connectivity index (χ0n) is 13.7. The number of hydrogen-bond donors (Lipinski definition) is 0. The Hall–Kier alpha value is -1.08. The van der Waals surface area contributed by atoms with E-state index in [9.17, 15) is 5.26 Å². The lowest BCUT2D eigenvalue weighted by atomic mass is 9.95. The Morgan fingerprint density at radius 1 is 1.45 bits per heavy atom. The fourth-order valence-corrected chi connectivity index (χ4v) is 4.36. The molecule has 0 saturated heterocycles. The maximum atomic E-state index is 9.42. The topological polar surface area (TPSA) is 51.5 Å². The first kappa shape index (κ1) is 17.3. The summed E-state index contributed by atoms with van der Waals surface area (Å²) in [7, 11) is 0. The van der Waals surface area contributed by atoms with Crippen molar-refractivity contribution >= 4 is 18.3 Å². The van der Waals surface area contributed by atoms with Crippen molar-refractivity contribution in [3.05, 3.63) is 22.8 Å². The normalized spacial score (nSPS) is 18.0. The van der Waals surface area contributed by atoms with Crippen LogP contribution in [0.3, 0.4) is 0 Å². The molecule has 0 bridgehead atoms. The predicted molar refractivity (Wildman–Crippen MR) is 91.4 cm³/mol. The molecule has 0 saturated carbocycles. The second kappa shape index (κ2) is 6.20. The van der Waals surface area contributed by atoms with Crippen LogP contribution in [0.15, 0.2) is 6.07 Å². The third kappa shape index (κ3) is 3.30. The minimum absolute atomic E-state index is 0.347. The van der Waals surface area contributed by atoms with Crippen LogP contribution in [0.25, 0.3) is 0 Å². The summed E-state index contributed by atoms with van der Waals surface area (Å²) in [5.41, 5.74) is 2.12. The second-order valence-corrected chi connectivity index (χ2v) is 9.92. The van der Waals surface area contributed by atoms with Gasteiger partial charge in [-0.15, -0.1) is 0 Å². The fraction of sp³-hybridized carbons (Fsp3) is 0.562. The molecular formula is C16H22NO3PS. The third-order valence-electron chi connectivity index (χ3n) is 3.58. The van der Waals surface area contributed by atoms with Gasteiger partial charge in [-0.2, -0.15) is 5.26 Å². The van der Waals surface area contributed by atoms with E-state index in [1.54, 1.807) is 0 Å². The standard InChI is InChI=1S/C16H22NO3PS/c1-6-18-21(22,7-2)20-14-8-11(3)13(10-17)12-9-16(4,5)19-15(12)14/h8H,6-7,9H2,1-5H3. The maximum absolute atomic E-state index is 9.42. The highest BCUT2D eigenvalue weighted by Crippen LogP contribution is 2.54. The van der Waals surface area contributed by atoms with Crippen molar-refractivity contribution in [1.29, 1.82) is 5.26 Å². The van der Waals surface area contributed by atoms with Gasteiger partial charge in [-0.05, 0) is 51.1 Å². The monoisotopic (exact) mass is 339 g/mol. The summed E-state index contributed by atoms with van der Waals surface area (Å²) in [6.07, 6.45) is 1.33. The zero-order valence-corrected chi connectivity index (χ0v) is 15.4. The van der Waals surface area contributed by atoms with Gasteiger partial charge in [0.15, 0.2) is 11.5 Å². The minimum Gasteiger partial charge on any atom is -0.483 e. The predicted octanol–water partition coefficient (Wildman–Crippen LogP) is 4.32. The molecule has 120 valence electrons. The van der Waals surface area contributed by atoms with E-state index < -0.39 is 6.49 Å². The van der Waals surface area contributed by atoms with Gasteiger partial charge in [-0.1, -0.05) is 6.92 Å². The van der Waals surface area contributed by atoms with Gasteiger partial charge in [-0.3, -0.25) is 0 Å². The van der Waals surface area contributed by atoms with Crippen LogP contribution >= 0.6 is 6.49 Å². The maximum Gasteiger partial charge on any atom is 0.238 e. The van der Waals surface area contributed by atoms with Crippen LogP contribution in [0, 0.1) is 18.3 Å². The molecule has 22 heavy (non-hydrogen) atoms. The van der Waals surface area contributed by atoms with Gasteiger partial charge >= 0.3 is 0 Å². The highest BCUT2D eigenvalue weighted by molar-refractivity contribution is 8.10. The molecule has 0 fully saturated rings. The number of fused-ring (bicyclic) bond motifs is 1. The van der Waals surface area contributed by atoms with Crippen LogP contribution in [0.2, 0.25) is 0 Å². The van der Waals surface area contributed by atoms with Gasteiger partial charge in [0.2, 0.25) is 6.49 Å². The summed E-state index contributed by atoms with van der Waals surface area (Å²) >= 11 is 5.56. The summed E-state index contributed by atoms with van der Waals surface area (Å²) in [4.78, 5) is 0. The van der Waals surface area contributed by atoms with Gasteiger partial charge < -0.3 is 13.8 Å². The number of hydrogen-bond acceptors (Lipinski definition) is 5. The van der Waals surface area contributed by atoms with E-state index in [1.165, 1.54) is 0 Å². The average molecular weight is 339 g/mol. The first-order valence-corrected chi connectivity index (χ1v) is 10.3. The molecule has 1 unspecified atom stereocenters. The van der Waals surface area contributed by atoms with Crippen molar-refractivity contribution in [2.45, 2.75) is 46.6 Å². The largest absolute Gasteiger partial charge is 0.483 e. The Morgan fingerprint density at radius 3 is 2.68 bits per heavy atom. The van der Waals surface area contributed by atoms with Crippen LogP contribution in [-0.2, 0) is 22.8 Å². The van der Waals surface area contributed by atoms with Gasteiger partial charge in [0, 0.05) is 18.1 Å². The van der Waals surface area contributed by atoms with E-state index in [4.69, 9.17) is 25.6 Å². The molecule has 0 radical (unpaired) electrons. The van der Waals surface area contributed by atoms with Crippen molar-refractivity contribution in [3.8, 4) is 17.6 Å². The molecule has 1 aliphatic heterocycles. The summed E-state index contributed by atoms with van der Waals surface area (Å²) in [6, 6.07) is 4.12. The molecule has 0 spiro atoms. The fourth-order valence-electron chi connectivity index (χ4n) is 2.61. The van der Waals surface area contributed by atoms with Crippen molar-refractivity contribution in [3.63, 3.8) is 0 Å².